The third-order valence-corrected chi connectivity index (χ3v) is 4.33. The van der Waals surface area contributed by atoms with Gasteiger partial charge in [0.25, 0.3) is 5.91 Å². The molecule has 122 valence electrons. The summed E-state index contributed by atoms with van der Waals surface area (Å²) in [5, 5.41) is 17.0. The SMILES string of the molecule is N[C@H]1CCN(C(=O)c2cc(-c3ccc(O)cc3)nc3[nH]ncc23)C1. The number of aromatic amines is 1. The third kappa shape index (κ3) is 2.48. The Morgan fingerprint density at radius 2 is 2.12 bits per heavy atom. The van der Waals surface area contributed by atoms with E-state index in [-0.39, 0.29) is 17.7 Å². The summed E-state index contributed by atoms with van der Waals surface area (Å²) >= 11 is 0. The normalized spacial score (nSPS) is 17.5. The molecule has 1 aliphatic heterocycles. The average Bonchev–Trinajstić information content (AvgIpc) is 3.22. The summed E-state index contributed by atoms with van der Waals surface area (Å²) in [7, 11) is 0. The van der Waals surface area contributed by atoms with Gasteiger partial charge in [0.1, 0.15) is 5.75 Å². The smallest absolute Gasteiger partial charge is 0.254 e. The maximum Gasteiger partial charge on any atom is 0.254 e. The number of H-pyrrole nitrogens is 1. The highest BCUT2D eigenvalue weighted by molar-refractivity contribution is 6.06. The second-order valence-electron chi connectivity index (χ2n) is 6.03. The fourth-order valence-electron chi connectivity index (χ4n) is 3.03. The highest BCUT2D eigenvalue weighted by Gasteiger charge is 2.26. The monoisotopic (exact) mass is 323 g/mol. The standard InChI is InChI=1S/C17H17N5O2/c18-11-5-6-22(9-11)17(24)13-7-15(10-1-3-12(23)4-2-10)20-16-14(13)8-19-21-16/h1-4,7-8,11,23H,5-6,9,18H2,(H,19,20,21)/t11-/m0/s1. The van der Waals surface area contributed by atoms with Gasteiger partial charge in [0.15, 0.2) is 5.65 Å². The molecule has 4 rings (SSSR count). The van der Waals surface area contributed by atoms with E-state index in [1.165, 1.54) is 0 Å². The molecule has 1 atom stereocenters. The van der Waals surface area contributed by atoms with Crippen molar-refractivity contribution in [3.05, 3.63) is 42.1 Å². The number of amides is 1. The minimum absolute atomic E-state index is 0.0344. The summed E-state index contributed by atoms with van der Waals surface area (Å²) in [5.41, 5.74) is 8.51. The fraction of sp³-hybridized carbons (Fsp3) is 0.235. The minimum Gasteiger partial charge on any atom is -0.508 e. The number of phenolic OH excluding ortho intramolecular Hbond substituents is 1. The molecule has 1 amide bonds. The van der Waals surface area contributed by atoms with Crippen LogP contribution in [0.5, 0.6) is 5.75 Å². The molecule has 0 bridgehead atoms. The molecule has 0 saturated carbocycles. The number of aromatic hydroxyl groups is 1. The first kappa shape index (κ1) is 14.6. The number of nitrogens with one attached hydrogen (secondary N) is 1. The number of phenols is 1. The lowest BCUT2D eigenvalue weighted by atomic mass is 10.1. The molecule has 0 unspecified atom stereocenters. The van der Waals surface area contributed by atoms with Crippen LogP contribution in [0.25, 0.3) is 22.3 Å². The predicted octanol–water partition coefficient (Wildman–Crippen LogP) is 1.50. The number of nitrogens with two attached hydrogens (primary N) is 1. The maximum atomic E-state index is 12.9. The molecular weight excluding hydrogens is 306 g/mol. The molecule has 3 heterocycles. The summed E-state index contributed by atoms with van der Waals surface area (Å²) < 4.78 is 0. The molecule has 1 aromatic carbocycles. The molecule has 3 aromatic rings. The summed E-state index contributed by atoms with van der Waals surface area (Å²) in [4.78, 5) is 19.2. The van der Waals surface area contributed by atoms with E-state index in [0.717, 1.165) is 12.0 Å². The highest BCUT2D eigenvalue weighted by Crippen LogP contribution is 2.26. The number of fused-ring (bicyclic) bond motifs is 1. The molecule has 2 aromatic heterocycles. The molecule has 7 nitrogen and oxygen atoms in total. The Kier molecular flexibility index (Phi) is 3.42. The van der Waals surface area contributed by atoms with Gasteiger partial charge in [-0.25, -0.2) is 4.98 Å². The first-order chi connectivity index (χ1) is 11.6. The number of hydrogen-bond acceptors (Lipinski definition) is 5. The van der Waals surface area contributed by atoms with Gasteiger partial charge in [0.05, 0.1) is 22.8 Å². The number of pyridine rings is 1. The van der Waals surface area contributed by atoms with E-state index in [4.69, 9.17) is 5.73 Å². The summed E-state index contributed by atoms with van der Waals surface area (Å²) in [6.07, 6.45) is 2.43. The zero-order chi connectivity index (χ0) is 16.7. The van der Waals surface area contributed by atoms with E-state index in [0.29, 0.717) is 35.4 Å². The Morgan fingerprint density at radius 1 is 1.33 bits per heavy atom. The Bertz CT molecular complexity index is 903. The molecule has 1 aliphatic rings. The number of nitrogens with zero attached hydrogens (tertiary/aromatic N) is 3. The number of aromatic nitrogens is 3. The number of likely N-dealkylation sites (tertiary alicyclic amines) is 1. The van der Waals surface area contributed by atoms with Crippen LogP contribution in [0.2, 0.25) is 0 Å². The number of benzene rings is 1. The second-order valence-corrected chi connectivity index (χ2v) is 6.03. The summed E-state index contributed by atoms with van der Waals surface area (Å²) in [5.74, 6) is 0.125. The lowest BCUT2D eigenvalue weighted by Gasteiger charge is -2.16. The van der Waals surface area contributed by atoms with Crippen LogP contribution >= 0.6 is 0 Å². The molecule has 1 fully saturated rings. The van der Waals surface area contributed by atoms with Crippen LogP contribution in [0.4, 0.5) is 0 Å². The van der Waals surface area contributed by atoms with Crippen LogP contribution in [0.1, 0.15) is 16.8 Å². The van der Waals surface area contributed by atoms with Gasteiger partial charge in [-0.05, 0) is 36.8 Å². The van der Waals surface area contributed by atoms with Crippen LogP contribution in [0, 0.1) is 0 Å². The van der Waals surface area contributed by atoms with Gasteiger partial charge in [0.2, 0.25) is 0 Å². The zero-order valence-corrected chi connectivity index (χ0v) is 12.9. The average molecular weight is 323 g/mol. The van der Waals surface area contributed by atoms with Gasteiger partial charge in [0, 0.05) is 24.7 Å². The van der Waals surface area contributed by atoms with Gasteiger partial charge in [-0.15, -0.1) is 0 Å². The molecular formula is C17H17N5O2. The lowest BCUT2D eigenvalue weighted by molar-refractivity contribution is 0.0793. The fourth-order valence-corrected chi connectivity index (χ4v) is 3.03. The van der Waals surface area contributed by atoms with Gasteiger partial charge in [-0.1, -0.05) is 0 Å². The molecule has 0 aliphatic carbocycles. The third-order valence-electron chi connectivity index (χ3n) is 4.33. The van der Waals surface area contributed by atoms with E-state index < -0.39 is 0 Å². The maximum absolute atomic E-state index is 12.9. The Balaban J connectivity index is 1.80. The van der Waals surface area contributed by atoms with Crippen LogP contribution < -0.4 is 5.73 Å². The molecule has 0 spiro atoms. The number of hydrogen-bond donors (Lipinski definition) is 3. The Morgan fingerprint density at radius 3 is 2.83 bits per heavy atom. The van der Waals surface area contributed by atoms with Crippen LogP contribution in [0.3, 0.4) is 0 Å². The van der Waals surface area contributed by atoms with Gasteiger partial charge < -0.3 is 15.7 Å². The lowest BCUT2D eigenvalue weighted by Crippen LogP contribution is -2.32. The van der Waals surface area contributed by atoms with Crippen LogP contribution in [-0.4, -0.2) is 50.2 Å². The molecule has 24 heavy (non-hydrogen) atoms. The first-order valence-corrected chi connectivity index (χ1v) is 7.80. The number of carbonyl (C=O) groups is 1. The van der Waals surface area contributed by atoms with Crippen molar-refractivity contribution in [1.29, 1.82) is 0 Å². The van der Waals surface area contributed by atoms with E-state index >= 15 is 0 Å². The van der Waals surface area contributed by atoms with Crippen molar-refractivity contribution in [3.63, 3.8) is 0 Å². The van der Waals surface area contributed by atoms with Crippen LogP contribution in [0.15, 0.2) is 36.5 Å². The number of carbonyl (C=O) groups excluding carboxylic acids is 1. The molecule has 1 saturated heterocycles. The van der Waals surface area contributed by atoms with Crippen molar-refractivity contribution in [2.75, 3.05) is 13.1 Å². The van der Waals surface area contributed by atoms with E-state index in [9.17, 15) is 9.90 Å². The van der Waals surface area contributed by atoms with Crippen molar-refractivity contribution in [2.24, 2.45) is 5.73 Å². The van der Waals surface area contributed by atoms with Crippen molar-refractivity contribution in [1.82, 2.24) is 20.1 Å². The highest BCUT2D eigenvalue weighted by atomic mass is 16.3. The first-order valence-electron chi connectivity index (χ1n) is 7.80. The van der Waals surface area contributed by atoms with Crippen molar-refractivity contribution >= 4 is 16.9 Å². The topological polar surface area (TPSA) is 108 Å². The van der Waals surface area contributed by atoms with Crippen molar-refractivity contribution < 1.29 is 9.90 Å². The van der Waals surface area contributed by atoms with Gasteiger partial charge >= 0.3 is 0 Å². The van der Waals surface area contributed by atoms with Gasteiger partial charge in [-0.3, -0.25) is 9.89 Å². The van der Waals surface area contributed by atoms with Crippen molar-refractivity contribution in [2.45, 2.75) is 12.5 Å². The molecule has 7 heteroatoms. The van der Waals surface area contributed by atoms with Crippen molar-refractivity contribution in [3.8, 4) is 17.0 Å². The predicted molar refractivity (Wildman–Crippen MR) is 89.5 cm³/mol. The van der Waals surface area contributed by atoms with Crippen LogP contribution in [-0.2, 0) is 0 Å². The number of rotatable bonds is 2. The quantitative estimate of drug-likeness (QED) is 0.662. The largest absolute Gasteiger partial charge is 0.508 e. The van der Waals surface area contributed by atoms with E-state index in [2.05, 4.69) is 15.2 Å². The summed E-state index contributed by atoms with van der Waals surface area (Å²) in [6.45, 7) is 1.23. The zero-order valence-electron chi connectivity index (χ0n) is 12.9. The van der Waals surface area contributed by atoms with Gasteiger partial charge in [-0.2, -0.15) is 5.10 Å². The van der Waals surface area contributed by atoms with E-state index in [1.807, 2.05) is 0 Å². The molecule has 4 N–H and O–H groups in total. The second kappa shape index (κ2) is 5.61. The summed E-state index contributed by atoms with van der Waals surface area (Å²) in [6, 6.07) is 8.52. The Hall–Kier alpha value is -2.93. The molecule has 0 radical (unpaired) electrons. The minimum atomic E-state index is -0.0585. The van der Waals surface area contributed by atoms with E-state index in [1.54, 1.807) is 41.4 Å². The Labute approximate surface area is 138 Å².